The minimum atomic E-state index is -0.371. The van der Waals surface area contributed by atoms with E-state index in [4.69, 9.17) is 16.7 Å². The van der Waals surface area contributed by atoms with Gasteiger partial charge in [0.15, 0.2) is 0 Å². The zero-order chi connectivity index (χ0) is 11.3. The van der Waals surface area contributed by atoms with Crippen molar-refractivity contribution in [1.29, 1.82) is 0 Å². The van der Waals surface area contributed by atoms with E-state index in [1.165, 1.54) is 12.1 Å². The summed E-state index contributed by atoms with van der Waals surface area (Å²) in [6.45, 7) is -0.188. The van der Waals surface area contributed by atoms with Gasteiger partial charge in [-0.1, -0.05) is 12.1 Å². The van der Waals surface area contributed by atoms with Gasteiger partial charge in [0.25, 0.3) is 0 Å². The van der Waals surface area contributed by atoms with E-state index in [0.717, 1.165) is 0 Å². The van der Waals surface area contributed by atoms with Gasteiger partial charge in [-0.05, 0) is 17.7 Å². The van der Waals surface area contributed by atoms with E-state index in [2.05, 4.69) is 0 Å². The van der Waals surface area contributed by atoms with Crippen molar-refractivity contribution in [3.63, 3.8) is 0 Å². The predicted molar refractivity (Wildman–Crippen MR) is 56.6 cm³/mol. The Bertz CT molecular complexity index is 341. The number of Topliss-reactive ketones (excluding diaryl/α,β-unsaturated/α-hetero) is 1. The van der Waals surface area contributed by atoms with Crippen LogP contribution in [0.1, 0.15) is 17.9 Å². The van der Waals surface area contributed by atoms with Gasteiger partial charge in [-0.3, -0.25) is 4.79 Å². The second kappa shape index (κ2) is 5.83. The first-order valence-corrected chi connectivity index (χ1v) is 5.14. The van der Waals surface area contributed by atoms with Crippen LogP contribution >= 0.6 is 11.6 Å². The average Bonchev–Trinajstić information content (AvgIpc) is 2.25. The fourth-order valence-electron chi connectivity index (χ4n) is 1.38. The van der Waals surface area contributed by atoms with Crippen LogP contribution in [0.15, 0.2) is 24.3 Å². The fraction of sp³-hybridized carbons (Fsp3) is 0.364. The third-order valence-electron chi connectivity index (χ3n) is 2.16. The molecular formula is C11H12ClFO2. The standard InChI is InChI=1S/C11H12ClFO2/c12-6-11(15)5-9(7-14)8-2-1-3-10(13)4-8/h1-4,9,14H,5-7H2. The van der Waals surface area contributed by atoms with Crippen molar-refractivity contribution < 1.29 is 14.3 Å². The van der Waals surface area contributed by atoms with Crippen LogP contribution in [-0.2, 0) is 4.79 Å². The SMILES string of the molecule is O=C(CCl)CC(CO)c1cccc(F)c1. The first-order valence-electron chi connectivity index (χ1n) is 4.61. The van der Waals surface area contributed by atoms with E-state index in [9.17, 15) is 9.18 Å². The molecule has 0 radical (unpaired) electrons. The lowest BCUT2D eigenvalue weighted by molar-refractivity contribution is -0.117. The molecule has 0 fully saturated rings. The first-order chi connectivity index (χ1) is 7.17. The molecule has 1 N–H and O–H groups in total. The number of carbonyl (C=O) groups excluding carboxylic acids is 1. The maximum absolute atomic E-state index is 12.9. The van der Waals surface area contributed by atoms with Crippen LogP contribution in [0.5, 0.6) is 0 Å². The van der Waals surface area contributed by atoms with Crippen molar-refractivity contribution >= 4 is 17.4 Å². The number of halogens is 2. The molecule has 0 bridgehead atoms. The lowest BCUT2D eigenvalue weighted by Crippen LogP contribution is -2.11. The van der Waals surface area contributed by atoms with E-state index >= 15 is 0 Å². The normalized spacial score (nSPS) is 12.5. The zero-order valence-corrected chi connectivity index (χ0v) is 8.88. The van der Waals surface area contributed by atoms with Crippen molar-refractivity contribution in [1.82, 2.24) is 0 Å². The number of hydrogen-bond donors (Lipinski definition) is 1. The molecule has 82 valence electrons. The number of benzene rings is 1. The minimum absolute atomic E-state index is 0.0776. The zero-order valence-electron chi connectivity index (χ0n) is 8.12. The molecule has 1 unspecified atom stereocenters. The Hall–Kier alpha value is -0.930. The van der Waals surface area contributed by atoms with Gasteiger partial charge in [-0.2, -0.15) is 0 Å². The van der Waals surface area contributed by atoms with Gasteiger partial charge in [0.1, 0.15) is 11.6 Å². The van der Waals surface area contributed by atoms with E-state index in [1.54, 1.807) is 12.1 Å². The molecule has 15 heavy (non-hydrogen) atoms. The Morgan fingerprint density at radius 3 is 2.80 bits per heavy atom. The lowest BCUT2D eigenvalue weighted by Gasteiger charge is -2.12. The number of alkyl halides is 1. The van der Waals surface area contributed by atoms with Crippen molar-refractivity contribution in [3.05, 3.63) is 35.6 Å². The first kappa shape index (κ1) is 12.1. The molecule has 0 spiro atoms. The molecule has 0 saturated heterocycles. The maximum atomic E-state index is 12.9. The summed E-state index contributed by atoms with van der Waals surface area (Å²) in [6, 6.07) is 5.88. The molecule has 1 atom stereocenters. The van der Waals surface area contributed by atoms with Gasteiger partial charge in [-0.15, -0.1) is 11.6 Å². The minimum Gasteiger partial charge on any atom is -0.396 e. The maximum Gasteiger partial charge on any atom is 0.148 e. The van der Waals surface area contributed by atoms with E-state index in [0.29, 0.717) is 5.56 Å². The summed E-state index contributed by atoms with van der Waals surface area (Å²) in [4.78, 5) is 11.1. The summed E-state index contributed by atoms with van der Waals surface area (Å²) in [5, 5.41) is 9.10. The van der Waals surface area contributed by atoms with Crippen LogP contribution in [-0.4, -0.2) is 23.4 Å². The largest absolute Gasteiger partial charge is 0.396 e. The van der Waals surface area contributed by atoms with Crippen LogP contribution in [0, 0.1) is 5.82 Å². The summed E-state index contributed by atoms with van der Waals surface area (Å²) >= 11 is 5.37. The van der Waals surface area contributed by atoms with E-state index < -0.39 is 0 Å². The third kappa shape index (κ3) is 3.61. The molecule has 0 aromatic heterocycles. The molecule has 1 aromatic carbocycles. The molecule has 0 saturated carbocycles. The second-order valence-electron chi connectivity index (χ2n) is 3.31. The van der Waals surface area contributed by atoms with Gasteiger partial charge < -0.3 is 5.11 Å². The van der Waals surface area contributed by atoms with Crippen LogP contribution in [0.4, 0.5) is 4.39 Å². The number of ketones is 1. The highest BCUT2D eigenvalue weighted by molar-refractivity contribution is 6.27. The summed E-state index contributed by atoms with van der Waals surface area (Å²) < 4.78 is 12.9. The molecule has 0 aliphatic carbocycles. The van der Waals surface area contributed by atoms with Crippen LogP contribution in [0.25, 0.3) is 0 Å². The highest BCUT2D eigenvalue weighted by Crippen LogP contribution is 2.20. The smallest absolute Gasteiger partial charge is 0.148 e. The van der Waals surface area contributed by atoms with Crippen molar-refractivity contribution in [2.24, 2.45) is 0 Å². The molecule has 0 heterocycles. The quantitative estimate of drug-likeness (QED) is 0.787. The summed E-state index contributed by atoms with van der Waals surface area (Å²) in [7, 11) is 0. The molecule has 1 rings (SSSR count). The number of aliphatic hydroxyl groups is 1. The summed E-state index contributed by atoms with van der Waals surface area (Å²) in [6.07, 6.45) is 0.142. The average molecular weight is 231 g/mol. The van der Waals surface area contributed by atoms with Crippen molar-refractivity contribution in [2.45, 2.75) is 12.3 Å². The van der Waals surface area contributed by atoms with Gasteiger partial charge in [0, 0.05) is 12.3 Å². The lowest BCUT2D eigenvalue weighted by atomic mass is 9.95. The van der Waals surface area contributed by atoms with E-state index in [-0.39, 0.29) is 36.4 Å². The molecule has 0 amide bonds. The number of carbonyl (C=O) groups is 1. The molecular weight excluding hydrogens is 219 g/mol. The molecule has 1 aromatic rings. The van der Waals surface area contributed by atoms with E-state index in [1.807, 2.05) is 0 Å². The molecule has 0 aliphatic rings. The predicted octanol–water partition coefficient (Wildman–Crippen LogP) is 2.10. The number of rotatable bonds is 5. The second-order valence-corrected chi connectivity index (χ2v) is 3.58. The van der Waals surface area contributed by atoms with Crippen molar-refractivity contribution in [3.8, 4) is 0 Å². The van der Waals surface area contributed by atoms with Gasteiger partial charge >= 0.3 is 0 Å². The Labute approximate surface area is 92.7 Å². The number of hydrogen-bond acceptors (Lipinski definition) is 2. The highest BCUT2D eigenvalue weighted by atomic mass is 35.5. The third-order valence-corrected chi connectivity index (χ3v) is 2.46. The Morgan fingerprint density at radius 2 is 2.27 bits per heavy atom. The number of aliphatic hydroxyl groups excluding tert-OH is 1. The van der Waals surface area contributed by atoms with Crippen LogP contribution in [0.3, 0.4) is 0 Å². The molecule has 2 nitrogen and oxygen atoms in total. The Balaban J connectivity index is 2.78. The highest BCUT2D eigenvalue weighted by Gasteiger charge is 2.14. The fourth-order valence-corrected chi connectivity index (χ4v) is 1.49. The summed E-state index contributed by atoms with van der Waals surface area (Å²) in [5.41, 5.74) is 0.621. The van der Waals surface area contributed by atoms with Crippen LogP contribution in [0.2, 0.25) is 0 Å². The topological polar surface area (TPSA) is 37.3 Å². The van der Waals surface area contributed by atoms with Gasteiger partial charge in [0.05, 0.1) is 12.5 Å². The Morgan fingerprint density at radius 1 is 1.53 bits per heavy atom. The van der Waals surface area contributed by atoms with Crippen LogP contribution < -0.4 is 0 Å². The summed E-state index contributed by atoms with van der Waals surface area (Å²) in [5.74, 6) is -0.970. The monoisotopic (exact) mass is 230 g/mol. The molecule has 4 heteroatoms. The van der Waals surface area contributed by atoms with Gasteiger partial charge in [0.2, 0.25) is 0 Å². The Kier molecular flexibility index (Phi) is 4.72. The van der Waals surface area contributed by atoms with Crippen molar-refractivity contribution in [2.75, 3.05) is 12.5 Å². The molecule has 0 aliphatic heterocycles. The van der Waals surface area contributed by atoms with Gasteiger partial charge in [-0.25, -0.2) is 4.39 Å².